The second-order valence-electron chi connectivity index (χ2n) is 3.72. The van der Waals surface area contributed by atoms with E-state index in [-0.39, 0.29) is 5.23 Å². The third-order valence-electron chi connectivity index (χ3n) is 2.43. The maximum absolute atomic E-state index is 9.10. The number of hydrogen-bond acceptors (Lipinski definition) is 2. The summed E-state index contributed by atoms with van der Waals surface area (Å²) in [7, 11) is 1.44. The molecule has 1 atom stereocenters. The van der Waals surface area contributed by atoms with Crippen LogP contribution in [-0.4, -0.2) is 12.3 Å². The molecule has 3 heteroatoms. The molecule has 3 nitrogen and oxygen atoms in total. The zero-order valence-corrected chi connectivity index (χ0v) is 9.94. The number of unbranched alkanes of at least 4 members (excludes halogenated alkanes) is 1. The van der Waals surface area contributed by atoms with Crippen molar-refractivity contribution < 1.29 is 15.3 Å². The van der Waals surface area contributed by atoms with Crippen molar-refractivity contribution in [1.82, 2.24) is 0 Å². The van der Waals surface area contributed by atoms with Gasteiger partial charge in [-0.2, -0.15) is 10.0 Å². The maximum Gasteiger partial charge on any atom is 0.162 e. The van der Waals surface area contributed by atoms with Crippen LogP contribution in [0.3, 0.4) is 0 Å². The molecule has 0 spiro atoms. The quantitative estimate of drug-likeness (QED) is 0.720. The first-order valence-corrected chi connectivity index (χ1v) is 5.63. The number of quaternary nitrogens is 1. The lowest BCUT2D eigenvalue weighted by atomic mass is 10.1. The summed E-state index contributed by atoms with van der Waals surface area (Å²) in [6.45, 7) is 2.19. The van der Waals surface area contributed by atoms with Gasteiger partial charge in [0, 0.05) is 6.08 Å². The Labute approximate surface area is 96.9 Å². The fourth-order valence-electron chi connectivity index (χ4n) is 1.41. The van der Waals surface area contributed by atoms with E-state index in [1.807, 2.05) is 18.2 Å². The van der Waals surface area contributed by atoms with E-state index < -0.39 is 0 Å². The normalized spacial score (nSPS) is 13.2. The van der Waals surface area contributed by atoms with Crippen LogP contribution in [-0.2, 0) is 11.3 Å². The van der Waals surface area contributed by atoms with Crippen molar-refractivity contribution >= 4 is 6.08 Å². The number of benzene rings is 1. The minimum atomic E-state index is -0.0740. The van der Waals surface area contributed by atoms with Crippen LogP contribution in [0.4, 0.5) is 0 Å². The fourth-order valence-corrected chi connectivity index (χ4v) is 1.41. The molecule has 0 aliphatic rings. The van der Waals surface area contributed by atoms with Gasteiger partial charge in [0.2, 0.25) is 0 Å². The highest BCUT2D eigenvalue weighted by atomic mass is 16.9. The third-order valence-corrected chi connectivity index (χ3v) is 2.43. The van der Waals surface area contributed by atoms with Gasteiger partial charge in [-0.25, -0.2) is 0 Å². The molecule has 0 saturated heterocycles. The van der Waals surface area contributed by atoms with E-state index in [0.717, 1.165) is 12.0 Å². The summed E-state index contributed by atoms with van der Waals surface area (Å²) in [5.41, 5.74) is 2.42. The van der Waals surface area contributed by atoms with Gasteiger partial charge in [0.1, 0.15) is 0 Å². The van der Waals surface area contributed by atoms with Crippen molar-refractivity contribution in [2.45, 2.75) is 26.2 Å². The molecule has 0 aliphatic heterocycles. The van der Waals surface area contributed by atoms with Crippen molar-refractivity contribution in [1.29, 1.82) is 0 Å². The van der Waals surface area contributed by atoms with Gasteiger partial charge in [-0.3, -0.25) is 0 Å². The molecule has 0 heterocycles. The van der Waals surface area contributed by atoms with Crippen LogP contribution in [0.15, 0.2) is 30.5 Å². The van der Waals surface area contributed by atoms with Crippen LogP contribution in [0.1, 0.15) is 30.9 Å². The molecule has 1 unspecified atom stereocenters. The first-order chi connectivity index (χ1) is 7.76. The molecule has 1 aromatic rings. The molecule has 0 bridgehead atoms. The zero-order valence-electron chi connectivity index (χ0n) is 9.94. The Bertz CT molecular complexity index is 319. The topological polar surface area (TPSA) is 33.9 Å². The number of nitrogens with one attached hydrogen (secondary N) is 1. The lowest BCUT2D eigenvalue weighted by Gasteiger charge is -2.01. The Morgan fingerprint density at radius 1 is 1.31 bits per heavy atom. The highest BCUT2D eigenvalue weighted by molar-refractivity contribution is 5.48. The zero-order chi connectivity index (χ0) is 11.8. The van der Waals surface area contributed by atoms with E-state index in [1.54, 1.807) is 6.20 Å². The smallest absolute Gasteiger partial charge is 0.162 e. The minimum Gasteiger partial charge on any atom is -0.179 e. The molecule has 88 valence electrons. The molecule has 0 amide bonds. The van der Waals surface area contributed by atoms with Gasteiger partial charge in [0.25, 0.3) is 0 Å². The minimum absolute atomic E-state index is 0.0740. The lowest BCUT2D eigenvalue weighted by molar-refractivity contribution is -1.20. The predicted molar refractivity (Wildman–Crippen MR) is 63.8 cm³/mol. The average molecular weight is 222 g/mol. The summed E-state index contributed by atoms with van der Waals surface area (Å²) in [5, 5.41) is 9.02. The number of hydroxylamine groups is 2. The largest absolute Gasteiger partial charge is 0.179 e. The molecule has 16 heavy (non-hydrogen) atoms. The summed E-state index contributed by atoms with van der Waals surface area (Å²) >= 11 is 0. The molecule has 1 rings (SSSR count). The second kappa shape index (κ2) is 7.17. The molecule has 1 aromatic carbocycles. The number of rotatable bonds is 6. The molecule has 0 saturated carbocycles. The van der Waals surface area contributed by atoms with Gasteiger partial charge < -0.3 is 0 Å². The average Bonchev–Trinajstić information content (AvgIpc) is 2.34. The first kappa shape index (κ1) is 12.9. The summed E-state index contributed by atoms with van der Waals surface area (Å²) in [4.78, 5) is 4.63. The SMILES string of the molecule is CCCCc1ccc(/C=C/[NH+](O)OC)cc1. The van der Waals surface area contributed by atoms with Crippen LogP contribution in [0, 0.1) is 0 Å². The summed E-state index contributed by atoms with van der Waals surface area (Å²) < 4.78 is 0. The summed E-state index contributed by atoms with van der Waals surface area (Å²) in [5.74, 6) is 0. The van der Waals surface area contributed by atoms with E-state index >= 15 is 0 Å². The van der Waals surface area contributed by atoms with Crippen molar-refractivity contribution in [2.24, 2.45) is 0 Å². The number of aryl methyl sites for hydroxylation is 1. The second-order valence-corrected chi connectivity index (χ2v) is 3.72. The van der Waals surface area contributed by atoms with E-state index in [1.165, 1.54) is 25.5 Å². The van der Waals surface area contributed by atoms with E-state index in [2.05, 4.69) is 23.9 Å². The van der Waals surface area contributed by atoms with Crippen LogP contribution < -0.4 is 5.23 Å². The highest BCUT2D eigenvalue weighted by Gasteiger charge is 1.95. The van der Waals surface area contributed by atoms with Crippen molar-refractivity contribution in [3.63, 3.8) is 0 Å². The Kier molecular flexibility index (Phi) is 5.78. The van der Waals surface area contributed by atoms with Gasteiger partial charge in [0.05, 0.1) is 7.11 Å². The van der Waals surface area contributed by atoms with E-state index in [0.29, 0.717) is 0 Å². The maximum atomic E-state index is 9.10. The molecule has 0 aliphatic carbocycles. The van der Waals surface area contributed by atoms with Gasteiger partial charge in [-0.1, -0.05) is 37.6 Å². The standard InChI is InChI=1S/C13H19NO2/c1-3-4-5-12-6-8-13(9-7-12)10-11-14(15)16-2/h6-11,15H,3-5H2,1-2H3/p+1/b11-10+. The monoisotopic (exact) mass is 222 g/mol. The van der Waals surface area contributed by atoms with Crippen molar-refractivity contribution in [2.75, 3.05) is 7.11 Å². The van der Waals surface area contributed by atoms with Crippen LogP contribution in [0.5, 0.6) is 0 Å². The van der Waals surface area contributed by atoms with Gasteiger partial charge in [-0.05, 0) is 29.2 Å². The first-order valence-electron chi connectivity index (χ1n) is 5.63. The molecule has 0 radical (unpaired) electrons. The molecular formula is C13H20NO2+. The van der Waals surface area contributed by atoms with Crippen LogP contribution in [0.2, 0.25) is 0 Å². The number of hydrogen-bond donors (Lipinski definition) is 2. The Balaban J connectivity index is 2.54. The van der Waals surface area contributed by atoms with Crippen molar-refractivity contribution in [3.05, 3.63) is 41.6 Å². The lowest BCUT2D eigenvalue weighted by Crippen LogP contribution is -3.03. The van der Waals surface area contributed by atoms with Crippen LogP contribution in [0.25, 0.3) is 6.08 Å². The third kappa shape index (κ3) is 4.57. The Morgan fingerprint density at radius 2 is 2.00 bits per heavy atom. The van der Waals surface area contributed by atoms with Gasteiger partial charge in [0.15, 0.2) is 6.20 Å². The Hall–Kier alpha value is -1.16. The molecule has 0 aromatic heterocycles. The van der Waals surface area contributed by atoms with E-state index in [9.17, 15) is 0 Å². The highest BCUT2D eigenvalue weighted by Crippen LogP contribution is 2.08. The Morgan fingerprint density at radius 3 is 2.56 bits per heavy atom. The van der Waals surface area contributed by atoms with Crippen molar-refractivity contribution in [3.8, 4) is 0 Å². The van der Waals surface area contributed by atoms with Gasteiger partial charge in [-0.15, -0.1) is 0 Å². The molecular weight excluding hydrogens is 202 g/mol. The summed E-state index contributed by atoms with van der Waals surface area (Å²) in [6.07, 6.45) is 6.95. The summed E-state index contributed by atoms with van der Waals surface area (Å²) in [6, 6.07) is 8.34. The van der Waals surface area contributed by atoms with Crippen LogP contribution >= 0.6 is 0 Å². The molecule has 0 fully saturated rings. The fraction of sp³-hybridized carbons (Fsp3) is 0.385. The van der Waals surface area contributed by atoms with Gasteiger partial charge >= 0.3 is 0 Å². The van der Waals surface area contributed by atoms with E-state index in [4.69, 9.17) is 5.21 Å². The predicted octanol–water partition coefficient (Wildman–Crippen LogP) is 1.84. The molecule has 2 N–H and O–H groups in total.